The van der Waals surface area contributed by atoms with Gasteiger partial charge in [0.1, 0.15) is 6.33 Å². The van der Waals surface area contributed by atoms with Crippen LogP contribution in [0, 0.1) is 24.0 Å². The van der Waals surface area contributed by atoms with Crippen LogP contribution in [0.15, 0.2) is 53.9 Å². The van der Waals surface area contributed by atoms with Gasteiger partial charge >= 0.3 is 0 Å². The summed E-state index contributed by atoms with van der Waals surface area (Å²) in [5, 5.41) is 22.0. The number of benzene rings is 2. The number of nitrogens with one attached hydrogen (secondary N) is 1. The third-order valence-corrected chi connectivity index (χ3v) is 4.90. The number of hydrogen-bond acceptors (Lipinski definition) is 6. The summed E-state index contributed by atoms with van der Waals surface area (Å²) in [6.45, 7) is 4.07. The highest BCUT2D eigenvalue weighted by atomic mass is 32.2. The summed E-state index contributed by atoms with van der Waals surface area (Å²) in [5.41, 5.74) is 3.57. The Morgan fingerprint density at radius 2 is 2.04 bits per heavy atom. The van der Waals surface area contributed by atoms with Crippen LogP contribution in [0.1, 0.15) is 11.1 Å². The second kappa shape index (κ2) is 8.00. The molecule has 8 nitrogen and oxygen atoms in total. The van der Waals surface area contributed by atoms with Crippen molar-refractivity contribution in [2.24, 2.45) is 0 Å². The fraction of sp³-hybridized carbons (Fsp3) is 0.167. The van der Waals surface area contributed by atoms with Gasteiger partial charge in [0.15, 0.2) is 5.16 Å². The number of nitro benzene ring substituents is 1. The van der Waals surface area contributed by atoms with Crippen LogP contribution in [0.25, 0.3) is 5.69 Å². The van der Waals surface area contributed by atoms with Gasteiger partial charge < -0.3 is 5.32 Å². The van der Waals surface area contributed by atoms with Crippen molar-refractivity contribution < 1.29 is 9.72 Å². The van der Waals surface area contributed by atoms with Crippen LogP contribution in [-0.2, 0) is 4.79 Å². The van der Waals surface area contributed by atoms with Crippen LogP contribution in [0.2, 0.25) is 0 Å². The lowest BCUT2D eigenvalue weighted by Crippen LogP contribution is -2.14. The molecule has 0 saturated carbocycles. The molecule has 0 saturated heterocycles. The van der Waals surface area contributed by atoms with E-state index < -0.39 is 4.92 Å². The van der Waals surface area contributed by atoms with Gasteiger partial charge in [-0.25, -0.2) is 0 Å². The van der Waals surface area contributed by atoms with E-state index in [1.54, 1.807) is 12.4 Å². The molecular weight excluding hydrogens is 366 g/mol. The topological polar surface area (TPSA) is 103 Å². The average Bonchev–Trinajstić information content (AvgIpc) is 3.11. The Morgan fingerprint density at radius 1 is 1.22 bits per heavy atom. The third kappa shape index (κ3) is 4.50. The smallest absolute Gasteiger partial charge is 0.271 e. The Labute approximate surface area is 159 Å². The molecule has 1 amide bonds. The third-order valence-electron chi connectivity index (χ3n) is 3.96. The first kappa shape index (κ1) is 18.6. The van der Waals surface area contributed by atoms with Gasteiger partial charge in [0.05, 0.1) is 10.7 Å². The van der Waals surface area contributed by atoms with Gasteiger partial charge in [0.2, 0.25) is 5.91 Å². The summed E-state index contributed by atoms with van der Waals surface area (Å²) in [6, 6.07) is 11.8. The first-order valence-corrected chi connectivity index (χ1v) is 9.07. The molecule has 0 aliphatic carbocycles. The minimum absolute atomic E-state index is 0.0741. The Hall–Kier alpha value is -3.20. The van der Waals surface area contributed by atoms with Crippen LogP contribution in [0.4, 0.5) is 11.4 Å². The molecule has 0 atom stereocenters. The molecule has 3 rings (SSSR count). The van der Waals surface area contributed by atoms with Gasteiger partial charge in [-0.15, -0.1) is 10.2 Å². The molecular formula is C18H17N5O3S. The summed E-state index contributed by atoms with van der Waals surface area (Å²) in [5.74, 6) is -0.179. The highest BCUT2D eigenvalue weighted by Crippen LogP contribution is 2.22. The SMILES string of the molecule is Cc1ccc(-n2cnnc2SCC(=O)Nc2cccc([N+](=O)[O-])c2)cc1C. The zero-order valence-corrected chi connectivity index (χ0v) is 15.6. The van der Waals surface area contributed by atoms with E-state index in [2.05, 4.69) is 15.5 Å². The van der Waals surface area contributed by atoms with Crippen LogP contribution in [-0.4, -0.2) is 31.3 Å². The number of aromatic nitrogens is 3. The molecule has 1 heterocycles. The maximum atomic E-state index is 12.2. The number of carbonyl (C=O) groups is 1. The zero-order chi connectivity index (χ0) is 19.4. The molecule has 2 aromatic carbocycles. The Kier molecular flexibility index (Phi) is 5.51. The van der Waals surface area contributed by atoms with Gasteiger partial charge in [0.25, 0.3) is 5.69 Å². The van der Waals surface area contributed by atoms with Crippen molar-refractivity contribution in [3.63, 3.8) is 0 Å². The molecule has 1 N–H and O–H groups in total. The number of rotatable bonds is 6. The number of non-ortho nitro benzene ring substituents is 1. The van der Waals surface area contributed by atoms with Gasteiger partial charge in [-0.05, 0) is 43.2 Å². The molecule has 0 aliphatic rings. The van der Waals surface area contributed by atoms with Crippen LogP contribution < -0.4 is 5.32 Å². The highest BCUT2D eigenvalue weighted by molar-refractivity contribution is 7.99. The molecule has 0 unspecified atom stereocenters. The number of thioether (sulfide) groups is 1. The van der Waals surface area contributed by atoms with Gasteiger partial charge in [0, 0.05) is 23.5 Å². The molecule has 0 fully saturated rings. The molecule has 138 valence electrons. The fourth-order valence-corrected chi connectivity index (χ4v) is 3.13. The molecule has 1 aromatic heterocycles. The first-order chi connectivity index (χ1) is 12.9. The summed E-state index contributed by atoms with van der Waals surface area (Å²) >= 11 is 1.24. The van der Waals surface area contributed by atoms with Gasteiger partial charge in [-0.2, -0.15) is 0 Å². The summed E-state index contributed by atoms with van der Waals surface area (Å²) in [6.07, 6.45) is 1.60. The molecule has 27 heavy (non-hydrogen) atoms. The number of anilines is 1. The first-order valence-electron chi connectivity index (χ1n) is 8.09. The van der Waals surface area contributed by atoms with Crippen molar-refractivity contribution in [1.29, 1.82) is 0 Å². The number of hydrogen-bond donors (Lipinski definition) is 1. The maximum Gasteiger partial charge on any atom is 0.271 e. The quantitative estimate of drug-likeness (QED) is 0.397. The van der Waals surface area contributed by atoms with E-state index in [0.29, 0.717) is 10.8 Å². The Bertz CT molecular complexity index is 1000. The van der Waals surface area contributed by atoms with Crippen LogP contribution in [0.3, 0.4) is 0 Å². The van der Waals surface area contributed by atoms with Crippen molar-refractivity contribution in [3.8, 4) is 5.69 Å². The summed E-state index contributed by atoms with van der Waals surface area (Å²) in [4.78, 5) is 22.5. The normalized spacial score (nSPS) is 10.6. The minimum atomic E-state index is -0.504. The van der Waals surface area contributed by atoms with E-state index >= 15 is 0 Å². The monoisotopic (exact) mass is 383 g/mol. The van der Waals surface area contributed by atoms with E-state index in [1.807, 2.05) is 36.6 Å². The van der Waals surface area contributed by atoms with E-state index in [1.165, 1.54) is 35.5 Å². The molecule has 0 spiro atoms. The number of amides is 1. The maximum absolute atomic E-state index is 12.2. The van der Waals surface area contributed by atoms with E-state index in [4.69, 9.17) is 0 Å². The van der Waals surface area contributed by atoms with Crippen molar-refractivity contribution in [3.05, 3.63) is 70.0 Å². The number of nitro groups is 1. The lowest BCUT2D eigenvalue weighted by atomic mass is 10.1. The van der Waals surface area contributed by atoms with Gasteiger partial charge in [-0.3, -0.25) is 19.5 Å². The molecule has 0 aliphatic heterocycles. The van der Waals surface area contributed by atoms with Crippen LogP contribution >= 0.6 is 11.8 Å². The summed E-state index contributed by atoms with van der Waals surface area (Å²) < 4.78 is 1.82. The lowest BCUT2D eigenvalue weighted by molar-refractivity contribution is -0.384. The number of carbonyl (C=O) groups excluding carboxylic acids is 1. The largest absolute Gasteiger partial charge is 0.325 e. The van der Waals surface area contributed by atoms with Crippen molar-refractivity contribution in [1.82, 2.24) is 14.8 Å². The predicted octanol–water partition coefficient (Wildman–Crippen LogP) is 3.52. The lowest BCUT2D eigenvalue weighted by Gasteiger charge is -2.09. The summed E-state index contributed by atoms with van der Waals surface area (Å²) in [7, 11) is 0. The second-order valence-corrected chi connectivity index (χ2v) is 6.84. The van der Waals surface area contributed by atoms with E-state index in [0.717, 1.165) is 11.3 Å². The average molecular weight is 383 g/mol. The predicted molar refractivity (Wildman–Crippen MR) is 103 cm³/mol. The van der Waals surface area contributed by atoms with Crippen molar-refractivity contribution in [2.75, 3.05) is 11.1 Å². The number of nitrogens with zero attached hydrogens (tertiary/aromatic N) is 4. The van der Waals surface area contributed by atoms with Crippen molar-refractivity contribution >= 4 is 29.0 Å². The minimum Gasteiger partial charge on any atom is -0.325 e. The standard InChI is InChI=1S/C18H17N5O3S/c1-12-6-7-15(8-13(12)2)22-11-19-21-18(22)27-10-17(24)20-14-4-3-5-16(9-14)23(25)26/h3-9,11H,10H2,1-2H3,(H,20,24). The van der Waals surface area contributed by atoms with E-state index in [9.17, 15) is 14.9 Å². The van der Waals surface area contributed by atoms with Crippen molar-refractivity contribution in [2.45, 2.75) is 19.0 Å². The molecule has 0 radical (unpaired) electrons. The zero-order valence-electron chi connectivity index (χ0n) is 14.7. The Morgan fingerprint density at radius 3 is 2.78 bits per heavy atom. The Balaban J connectivity index is 1.66. The molecule has 3 aromatic rings. The second-order valence-electron chi connectivity index (χ2n) is 5.90. The van der Waals surface area contributed by atoms with E-state index in [-0.39, 0.29) is 17.3 Å². The molecule has 0 bridgehead atoms. The van der Waals surface area contributed by atoms with Gasteiger partial charge in [-0.1, -0.05) is 23.9 Å². The fourth-order valence-electron chi connectivity index (χ4n) is 2.40. The molecule has 9 heteroatoms. The van der Waals surface area contributed by atoms with Crippen LogP contribution in [0.5, 0.6) is 0 Å². The highest BCUT2D eigenvalue weighted by Gasteiger charge is 2.12. The number of aryl methyl sites for hydroxylation is 2.